The third-order valence-corrected chi connectivity index (χ3v) is 5.98. The van der Waals surface area contributed by atoms with Crippen LogP contribution in [0.1, 0.15) is 22.8 Å². The van der Waals surface area contributed by atoms with Crippen LogP contribution in [0.25, 0.3) is 0 Å². The maximum Gasteiger partial charge on any atom is 0.338 e. The topological polar surface area (TPSA) is 63.7 Å². The summed E-state index contributed by atoms with van der Waals surface area (Å²) in [5, 5.41) is 0. The Labute approximate surface area is 150 Å². The zero-order chi connectivity index (χ0) is 17.7. The third kappa shape index (κ3) is 4.23. The van der Waals surface area contributed by atoms with E-state index in [0.717, 1.165) is 10.0 Å². The van der Waals surface area contributed by atoms with Crippen LogP contribution in [0.15, 0.2) is 57.9 Å². The van der Waals surface area contributed by atoms with Crippen LogP contribution >= 0.6 is 15.9 Å². The summed E-state index contributed by atoms with van der Waals surface area (Å²) >= 11 is 3.41. The van der Waals surface area contributed by atoms with Crippen LogP contribution in [-0.2, 0) is 21.3 Å². The quantitative estimate of drug-likeness (QED) is 0.682. The summed E-state index contributed by atoms with van der Waals surface area (Å²) < 4.78 is 32.5. The number of hydrogen-bond acceptors (Lipinski definition) is 4. The van der Waals surface area contributed by atoms with Crippen molar-refractivity contribution < 1.29 is 17.9 Å². The van der Waals surface area contributed by atoms with E-state index in [9.17, 15) is 13.2 Å². The van der Waals surface area contributed by atoms with Gasteiger partial charge in [0.25, 0.3) is 0 Å². The van der Waals surface area contributed by atoms with Crippen LogP contribution in [0.4, 0.5) is 0 Å². The van der Waals surface area contributed by atoms with Crippen molar-refractivity contribution in [1.82, 2.24) is 4.31 Å². The molecule has 0 aliphatic heterocycles. The summed E-state index contributed by atoms with van der Waals surface area (Å²) in [5.74, 6) is -0.539. The first-order valence-corrected chi connectivity index (χ1v) is 9.56. The maximum atomic E-state index is 12.7. The van der Waals surface area contributed by atoms with Gasteiger partial charge in [-0.3, -0.25) is 0 Å². The van der Waals surface area contributed by atoms with Crippen molar-refractivity contribution in [3.8, 4) is 0 Å². The van der Waals surface area contributed by atoms with E-state index < -0.39 is 16.0 Å². The van der Waals surface area contributed by atoms with Gasteiger partial charge < -0.3 is 4.74 Å². The highest BCUT2D eigenvalue weighted by Gasteiger charge is 2.22. The highest BCUT2D eigenvalue weighted by molar-refractivity contribution is 9.10. The van der Waals surface area contributed by atoms with E-state index in [1.807, 2.05) is 24.3 Å². The smallest absolute Gasteiger partial charge is 0.338 e. The Kier molecular flexibility index (Phi) is 6.15. The molecule has 5 nitrogen and oxygen atoms in total. The van der Waals surface area contributed by atoms with Gasteiger partial charge >= 0.3 is 5.97 Å². The molecule has 0 fully saturated rings. The van der Waals surface area contributed by atoms with Gasteiger partial charge in [-0.2, -0.15) is 4.31 Å². The minimum Gasteiger partial charge on any atom is -0.462 e. The van der Waals surface area contributed by atoms with Gasteiger partial charge in [0.1, 0.15) is 0 Å². The number of hydrogen-bond donors (Lipinski definition) is 0. The van der Waals surface area contributed by atoms with Crippen molar-refractivity contribution >= 4 is 31.9 Å². The van der Waals surface area contributed by atoms with Gasteiger partial charge in [0.05, 0.1) is 17.1 Å². The average molecular weight is 412 g/mol. The number of esters is 1. The van der Waals surface area contributed by atoms with Gasteiger partial charge in [0, 0.05) is 18.1 Å². The Bertz CT molecular complexity index is 836. The molecule has 2 aromatic rings. The summed E-state index contributed by atoms with van der Waals surface area (Å²) in [6.07, 6.45) is 0. The molecule has 0 unspecified atom stereocenters. The molecule has 0 saturated carbocycles. The molecule has 7 heteroatoms. The molecule has 0 aliphatic rings. The highest BCUT2D eigenvalue weighted by Crippen LogP contribution is 2.22. The number of sulfonamides is 1. The molecule has 0 aromatic heterocycles. The van der Waals surface area contributed by atoms with Gasteiger partial charge in [-0.15, -0.1) is 0 Å². The van der Waals surface area contributed by atoms with Crippen LogP contribution in [0.5, 0.6) is 0 Å². The van der Waals surface area contributed by atoms with Crippen LogP contribution in [-0.4, -0.2) is 32.3 Å². The van der Waals surface area contributed by atoms with Crippen molar-refractivity contribution in [2.24, 2.45) is 0 Å². The Morgan fingerprint density at radius 1 is 1.17 bits per heavy atom. The normalized spacial score (nSPS) is 11.5. The molecule has 0 bridgehead atoms. The highest BCUT2D eigenvalue weighted by atomic mass is 79.9. The van der Waals surface area contributed by atoms with Crippen molar-refractivity contribution in [3.63, 3.8) is 0 Å². The molecule has 0 amide bonds. The first-order valence-electron chi connectivity index (χ1n) is 7.33. The zero-order valence-corrected chi connectivity index (χ0v) is 15.8. The fraction of sp³-hybridized carbons (Fsp3) is 0.235. The molecule has 0 N–H and O–H groups in total. The first kappa shape index (κ1) is 18.6. The second kappa shape index (κ2) is 7.92. The van der Waals surface area contributed by atoms with Crippen molar-refractivity contribution in [2.75, 3.05) is 13.7 Å². The van der Waals surface area contributed by atoms with Crippen molar-refractivity contribution in [1.29, 1.82) is 0 Å². The lowest BCUT2D eigenvalue weighted by Crippen LogP contribution is -2.26. The first-order chi connectivity index (χ1) is 11.4. The lowest BCUT2D eigenvalue weighted by molar-refractivity contribution is 0.0526. The van der Waals surface area contributed by atoms with E-state index in [4.69, 9.17) is 4.74 Å². The molecule has 2 rings (SSSR count). The van der Waals surface area contributed by atoms with Crippen molar-refractivity contribution in [2.45, 2.75) is 18.4 Å². The number of ether oxygens (including phenoxy) is 1. The fourth-order valence-electron chi connectivity index (χ4n) is 2.13. The lowest BCUT2D eigenvalue weighted by Gasteiger charge is -2.18. The van der Waals surface area contributed by atoms with Crippen LogP contribution in [0.2, 0.25) is 0 Å². The van der Waals surface area contributed by atoms with E-state index in [-0.39, 0.29) is 23.6 Å². The van der Waals surface area contributed by atoms with Gasteiger partial charge in [0.2, 0.25) is 10.0 Å². The summed E-state index contributed by atoms with van der Waals surface area (Å²) in [6.45, 7) is 2.15. The van der Waals surface area contributed by atoms with E-state index in [2.05, 4.69) is 15.9 Å². The molecular formula is C17H18BrNO4S. The molecular weight excluding hydrogens is 394 g/mol. The monoisotopic (exact) mass is 411 g/mol. The summed E-state index contributed by atoms with van der Waals surface area (Å²) in [4.78, 5) is 11.9. The molecule has 128 valence electrons. The molecule has 0 spiro atoms. The van der Waals surface area contributed by atoms with E-state index in [1.165, 1.54) is 35.6 Å². The number of halogens is 1. The number of carbonyl (C=O) groups excluding carboxylic acids is 1. The number of benzene rings is 2. The van der Waals surface area contributed by atoms with Gasteiger partial charge in [-0.05, 0) is 36.8 Å². The maximum absolute atomic E-state index is 12.7. The second-order valence-electron chi connectivity index (χ2n) is 5.10. The Morgan fingerprint density at radius 2 is 1.88 bits per heavy atom. The minimum absolute atomic E-state index is 0.0580. The molecule has 2 aromatic carbocycles. The van der Waals surface area contributed by atoms with Gasteiger partial charge in [-0.1, -0.05) is 40.2 Å². The Morgan fingerprint density at radius 3 is 2.54 bits per heavy atom. The SMILES string of the molecule is CCOC(=O)c1cccc(S(=O)(=O)N(C)Cc2ccccc2Br)c1. The summed E-state index contributed by atoms with van der Waals surface area (Å²) in [5.41, 5.74) is 1.07. The molecule has 0 saturated heterocycles. The minimum atomic E-state index is -3.72. The number of nitrogens with zero attached hydrogens (tertiary/aromatic N) is 1. The van der Waals surface area contributed by atoms with Crippen LogP contribution in [0, 0.1) is 0 Å². The van der Waals surface area contributed by atoms with E-state index >= 15 is 0 Å². The summed E-state index contributed by atoms with van der Waals surface area (Å²) in [6, 6.07) is 13.3. The predicted molar refractivity (Wildman–Crippen MR) is 95.2 cm³/mol. The van der Waals surface area contributed by atoms with Crippen LogP contribution < -0.4 is 0 Å². The average Bonchev–Trinajstić information content (AvgIpc) is 2.57. The molecule has 0 aliphatic carbocycles. The van der Waals surface area contributed by atoms with Gasteiger partial charge in [0.15, 0.2) is 0 Å². The van der Waals surface area contributed by atoms with Crippen LogP contribution in [0.3, 0.4) is 0 Å². The standard InChI is InChI=1S/C17H18BrNO4S/c1-3-23-17(20)13-8-6-9-15(11-13)24(21,22)19(2)12-14-7-4-5-10-16(14)18/h4-11H,3,12H2,1-2H3. The lowest BCUT2D eigenvalue weighted by atomic mass is 10.2. The van der Waals surface area contributed by atoms with E-state index in [1.54, 1.807) is 6.92 Å². The van der Waals surface area contributed by atoms with E-state index in [0.29, 0.717) is 0 Å². The Hall–Kier alpha value is -1.70. The molecule has 0 radical (unpaired) electrons. The predicted octanol–water partition coefficient (Wildman–Crippen LogP) is 3.45. The third-order valence-electron chi connectivity index (χ3n) is 3.40. The number of carbonyl (C=O) groups is 1. The fourth-order valence-corrected chi connectivity index (χ4v) is 3.73. The molecule has 0 atom stereocenters. The second-order valence-corrected chi connectivity index (χ2v) is 8.00. The number of rotatable bonds is 6. The zero-order valence-electron chi connectivity index (χ0n) is 13.4. The molecule has 24 heavy (non-hydrogen) atoms. The van der Waals surface area contributed by atoms with Crippen molar-refractivity contribution in [3.05, 3.63) is 64.1 Å². The summed E-state index contributed by atoms with van der Waals surface area (Å²) in [7, 11) is -2.21. The van der Waals surface area contributed by atoms with Gasteiger partial charge in [-0.25, -0.2) is 13.2 Å². The largest absolute Gasteiger partial charge is 0.462 e. The Balaban J connectivity index is 2.28. The molecule has 0 heterocycles.